The smallest absolute Gasteiger partial charge is 0.414 e. The first-order chi connectivity index (χ1) is 12.1. The van der Waals surface area contributed by atoms with E-state index in [1.807, 2.05) is 19.2 Å². The summed E-state index contributed by atoms with van der Waals surface area (Å²) in [4.78, 5) is 25.1. The number of hydrogen-bond acceptors (Lipinski definition) is 4. The number of amides is 3. The molecule has 0 unspecified atom stereocenters. The lowest BCUT2D eigenvalue weighted by atomic mass is 10.1. The van der Waals surface area contributed by atoms with Crippen molar-refractivity contribution >= 4 is 23.5 Å². The molecule has 8 nitrogen and oxygen atoms in total. The third kappa shape index (κ3) is 4.28. The molecule has 1 saturated heterocycles. The molecule has 1 aliphatic rings. The molecule has 3 rings (SSSR count). The van der Waals surface area contributed by atoms with Crippen LogP contribution in [0.25, 0.3) is 0 Å². The SMILES string of the molecule is Cc1[nH]ncc1CCCNC(=O)Nc1cccc(N2CCOC2=O)c1. The normalized spacial score (nSPS) is 13.6. The molecular weight excluding hydrogens is 322 g/mol. The van der Waals surface area contributed by atoms with E-state index in [1.54, 1.807) is 18.2 Å². The van der Waals surface area contributed by atoms with Gasteiger partial charge in [-0.1, -0.05) is 6.07 Å². The topological polar surface area (TPSA) is 99.3 Å². The van der Waals surface area contributed by atoms with Crippen molar-refractivity contribution in [3.8, 4) is 0 Å². The summed E-state index contributed by atoms with van der Waals surface area (Å²) in [6, 6.07) is 6.85. The van der Waals surface area contributed by atoms with Crippen LogP contribution in [0.1, 0.15) is 17.7 Å². The van der Waals surface area contributed by atoms with Gasteiger partial charge in [-0.3, -0.25) is 10.00 Å². The Labute approximate surface area is 145 Å². The largest absolute Gasteiger partial charge is 0.447 e. The van der Waals surface area contributed by atoms with E-state index in [0.717, 1.165) is 24.1 Å². The Balaban J connectivity index is 1.46. The summed E-state index contributed by atoms with van der Waals surface area (Å²) in [6.07, 6.45) is 3.13. The first kappa shape index (κ1) is 16.8. The number of ether oxygens (including phenoxy) is 1. The van der Waals surface area contributed by atoms with Crippen LogP contribution in [0, 0.1) is 6.92 Å². The number of benzene rings is 1. The number of nitrogens with one attached hydrogen (secondary N) is 3. The van der Waals surface area contributed by atoms with Crippen LogP contribution in [-0.2, 0) is 11.2 Å². The van der Waals surface area contributed by atoms with Crippen molar-refractivity contribution in [2.24, 2.45) is 0 Å². The van der Waals surface area contributed by atoms with Crippen molar-refractivity contribution < 1.29 is 14.3 Å². The van der Waals surface area contributed by atoms with Gasteiger partial charge < -0.3 is 15.4 Å². The summed E-state index contributed by atoms with van der Waals surface area (Å²) in [5.74, 6) is 0. The molecule has 2 heterocycles. The summed E-state index contributed by atoms with van der Waals surface area (Å²) in [5, 5.41) is 12.5. The van der Waals surface area contributed by atoms with Crippen LogP contribution in [0.2, 0.25) is 0 Å². The number of aromatic nitrogens is 2. The molecule has 8 heteroatoms. The highest BCUT2D eigenvalue weighted by molar-refractivity contribution is 5.93. The maximum atomic E-state index is 12.0. The number of carbonyl (C=O) groups is 2. The lowest BCUT2D eigenvalue weighted by Gasteiger charge is -2.14. The van der Waals surface area contributed by atoms with Crippen molar-refractivity contribution in [3.63, 3.8) is 0 Å². The second-order valence-corrected chi connectivity index (χ2v) is 5.82. The highest BCUT2D eigenvalue weighted by atomic mass is 16.6. The highest BCUT2D eigenvalue weighted by Gasteiger charge is 2.23. The molecule has 0 saturated carbocycles. The summed E-state index contributed by atoms with van der Waals surface area (Å²) in [6.45, 7) is 3.44. The third-order valence-electron chi connectivity index (χ3n) is 4.02. The summed E-state index contributed by atoms with van der Waals surface area (Å²) in [5.41, 5.74) is 3.55. The zero-order valence-electron chi connectivity index (χ0n) is 14.0. The third-order valence-corrected chi connectivity index (χ3v) is 4.02. The Hall–Kier alpha value is -3.03. The molecule has 1 fully saturated rings. The Morgan fingerprint density at radius 1 is 1.44 bits per heavy atom. The van der Waals surface area contributed by atoms with Crippen LogP contribution in [0.5, 0.6) is 0 Å². The Bertz CT molecular complexity index is 758. The number of cyclic esters (lactones) is 1. The molecule has 2 aromatic rings. The number of aromatic amines is 1. The van der Waals surface area contributed by atoms with E-state index in [4.69, 9.17) is 4.74 Å². The van der Waals surface area contributed by atoms with Crippen LogP contribution in [0.3, 0.4) is 0 Å². The van der Waals surface area contributed by atoms with Gasteiger partial charge in [0.25, 0.3) is 0 Å². The summed E-state index contributed by atoms with van der Waals surface area (Å²) >= 11 is 0. The van der Waals surface area contributed by atoms with Crippen LogP contribution >= 0.6 is 0 Å². The van der Waals surface area contributed by atoms with Crippen molar-refractivity contribution in [3.05, 3.63) is 41.7 Å². The average molecular weight is 343 g/mol. The molecule has 132 valence electrons. The van der Waals surface area contributed by atoms with Crippen molar-refractivity contribution in [1.29, 1.82) is 0 Å². The number of anilines is 2. The molecule has 3 N–H and O–H groups in total. The molecule has 0 spiro atoms. The van der Waals surface area contributed by atoms with Gasteiger partial charge in [-0.15, -0.1) is 0 Å². The molecule has 3 amide bonds. The molecule has 1 aliphatic heterocycles. The van der Waals surface area contributed by atoms with E-state index in [9.17, 15) is 9.59 Å². The summed E-state index contributed by atoms with van der Waals surface area (Å²) < 4.78 is 4.93. The number of urea groups is 1. The van der Waals surface area contributed by atoms with E-state index in [2.05, 4.69) is 20.8 Å². The van der Waals surface area contributed by atoms with Crippen LogP contribution in [0.15, 0.2) is 30.5 Å². The second-order valence-electron chi connectivity index (χ2n) is 5.82. The Morgan fingerprint density at radius 3 is 3.04 bits per heavy atom. The zero-order chi connectivity index (χ0) is 17.6. The van der Waals surface area contributed by atoms with Gasteiger partial charge in [0.2, 0.25) is 0 Å². The van der Waals surface area contributed by atoms with Gasteiger partial charge in [0.05, 0.1) is 12.7 Å². The maximum Gasteiger partial charge on any atom is 0.414 e. The van der Waals surface area contributed by atoms with E-state index in [1.165, 1.54) is 4.90 Å². The molecule has 0 bridgehead atoms. The average Bonchev–Trinajstić information content (AvgIpc) is 3.20. The van der Waals surface area contributed by atoms with E-state index >= 15 is 0 Å². The van der Waals surface area contributed by atoms with E-state index < -0.39 is 0 Å². The fraction of sp³-hybridized carbons (Fsp3) is 0.353. The first-order valence-corrected chi connectivity index (χ1v) is 8.21. The van der Waals surface area contributed by atoms with Gasteiger partial charge in [-0.25, -0.2) is 9.59 Å². The van der Waals surface area contributed by atoms with Gasteiger partial charge in [-0.05, 0) is 43.5 Å². The molecular formula is C17H21N5O3. The van der Waals surface area contributed by atoms with Gasteiger partial charge in [0.15, 0.2) is 0 Å². The van der Waals surface area contributed by atoms with E-state index in [0.29, 0.717) is 31.1 Å². The quantitative estimate of drug-likeness (QED) is 0.701. The highest BCUT2D eigenvalue weighted by Crippen LogP contribution is 2.22. The second kappa shape index (κ2) is 7.69. The lowest BCUT2D eigenvalue weighted by molar-refractivity contribution is 0.181. The number of hydrogen-bond donors (Lipinski definition) is 3. The standard InChI is InChI=1S/C17H21N5O3/c1-12-13(11-19-21-12)4-3-7-18-16(23)20-14-5-2-6-15(10-14)22-8-9-25-17(22)24/h2,5-6,10-11H,3-4,7-9H2,1H3,(H,19,21)(H2,18,20,23). The Kier molecular flexibility index (Phi) is 5.17. The maximum absolute atomic E-state index is 12.0. The molecule has 0 atom stereocenters. The Morgan fingerprint density at radius 2 is 2.32 bits per heavy atom. The minimum Gasteiger partial charge on any atom is -0.447 e. The zero-order valence-corrected chi connectivity index (χ0v) is 14.0. The molecule has 1 aromatic carbocycles. The minimum atomic E-state index is -0.365. The van der Waals surface area contributed by atoms with E-state index in [-0.39, 0.29) is 12.1 Å². The number of aryl methyl sites for hydroxylation is 2. The molecule has 0 radical (unpaired) electrons. The predicted molar refractivity (Wildman–Crippen MR) is 93.8 cm³/mol. The van der Waals surface area contributed by atoms with Crippen molar-refractivity contribution in [2.45, 2.75) is 19.8 Å². The molecule has 25 heavy (non-hydrogen) atoms. The van der Waals surface area contributed by atoms with Crippen molar-refractivity contribution in [2.75, 3.05) is 29.9 Å². The number of carbonyl (C=O) groups excluding carboxylic acids is 2. The predicted octanol–water partition coefficient (Wildman–Crippen LogP) is 2.43. The van der Waals surface area contributed by atoms with Gasteiger partial charge in [-0.2, -0.15) is 5.10 Å². The summed E-state index contributed by atoms with van der Waals surface area (Å²) in [7, 11) is 0. The number of nitrogens with zero attached hydrogens (tertiary/aromatic N) is 2. The lowest BCUT2D eigenvalue weighted by Crippen LogP contribution is -2.30. The monoisotopic (exact) mass is 343 g/mol. The molecule has 1 aromatic heterocycles. The van der Waals surface area contributed by atoms with Gasteiger partial charge >= 0.3 is 12.1 Å². The first-order valence-electron chi connectivity index (χ1n) is 8.21. The number of H-pyrrole nitrogens is 1. The van der Waals surface area contributed by atoms with Gasteiger partial charge in [0.1, 0.15) is 6.61 Å². The fourth-order valence-electron chi connectivity index (χ4n) is 2.66. The van der Waals surface area contributed by atoms with Crippen molar-refractivity contribution in [1.82, 2.24) is 15.5 Å². The van der Waals surface area contributed by atoms with Crippen LogP contribution in [0.4, 0.5) is 21.0 Å². The van der Waals surface area contributed by atoms with Gasteiger partial charge in [0, 0.05) is 23.6 Å². The number of rotatable bonds is 6. The molecule has 0 aliphatic carbocycles. The van der Waals surface area contributed by atoms with Crippen LogP contribution < -0.4 is 15.5 Å². The fourth-order valence-corrected chi connectivity index (χ4v) is 2.66. The van der Waals surface area contributed by atoms with Crippen LogP contribution in [-0.4, -0.2) is 42.0 Å². The minimum absolute atomic E-state index is 0.273.